The number of hydrogen-bond acceptors (Lipinski definition) is 4. The predicted molar refractivity (Wildman–Crippen MR) is 67.4 cm³/mol. The fraction of sp³-hybridized carbons (Fsp3) is 0.200. The van der Waals surface area contributed by atoms with Crippen molar-refractivity contribution in [2.24, 2.45) is 0 Å². The molecule has 0 bridgehead atoms. The van der Waals surface area contributed by atoms with E-state index in [1.54, 1.807) is 24.3 Å². The largest absolute Gasteiger partial charge is 0.434 e. The molecule has 0 unspecified atom stereocenters. The van der Waals surface area contributed by atoms with Crippen LogP contribution in [0.5, 0.6) is 5.95 Å². The molecule has 0 N–H and O–H groups in total. The number of aryl methyl sites for hydroxylation is 1. The molecule has 1 aliphatic carbocycles. The van der Waals surface area contributed by atoms with Crippen LogP contribution in [0, 0.1) is 0 Å². The standard InChI is InChI=1S/C15H12O4/c16-13-4-1-3-10-6-7-11(9-12(10)13)15(17)19-14-5-2-8-18-14/h2,5-9H,1,3-4H2. The molecule has 96 valence electrons. The zero-order chi connectivity index (χ0) is 13.2. The molecule has 0 saturated carbocycles. The highest BCUT2D eigenvalue weighted by Gasteiger charge is 2.19. The average Bonchev–Trinajstić information content (AvgIpc) is 2.92. The summed E-state index contributed by atoms with van der Waals surface area (Å²) in [5.74, 6) is -0.279. The second-order valence-corrected chi connectivity index (χ2v) is 4.47. The molecule has 0 spiro atoms. The summed E-state index contributed by atoms with van der Waals surface area (Å²) in [6, 6.07) is 8.32. The van der Waals surface area contributed by atoms with E-state index in [1.165, 1.54) is 6.26 Å². The molecule has 3 rings (SSSR count). The Balaban J connectivity index is 1.87. The molecule has 19 heavy (non-hydrogen) atoms. The van der Waals surface area contributed by atoms with E-state index in [9.17, 15) is 9.59 Å². The molecule has 2 aromatic rings. The summed E-state index contributed by atoms with van der Waals surface area (Å²) < 4.78 is 10.00. The summed E-state index contributed by atoms with van der Waals surface area (Å²) >= 11 is 0. The predicted octanol–water partition coefficient (Wildman–Crippen LogP) is 3.02. The molecule has 0 saturated heterocycles. The third-order valence-corrected chi connectivity index (χ3v) is 3.18. The zero-order valence-electron chi connectivity index (χ0n) is 10.2. The molecule has 0 atom stereocenters. The molecular formula is C15H12O4. The van der Waals surface area contributed by atoms with Gasteiger partial charge in [0, 0.05) is 18.1 Å². The van der Waals surface area contributed by atoms with Gasteiger partial charge >= 0.3 is 5.97 Å². The van der Waals surface area contributed by atoms with Crippen LogP contribution < -0.4 is 4.74 Å². The number of benzene rings is 1. The monoisotopic (exact) mass is 256 g/mol. The fourth-order valence-electron chi connectivity index (χ4n) is 2.23. The number of Topliss-reactive ketones (excluding diaryl/α,β-unsaturated/α-hetero) is 1. The van der Waals surface area contributed by atoms with Gasteiger partial charge in [-0.2, -0.15) is 0 Å². The Morgan fingerprint density at radius 1 is 1.21 bits per heavy atom. The van der Waals surface area contributed by atoms with Gasteiger partial charge in [0.2, 0.25) is 0 Å². The van der Waals surface area contributed by atoms with E-state index < -0.39 is 5.97 Å². The Kier molecular flexibility index (Phi) is 2.91. The van der Waals surface area contributed by atoms with Crippen molar-refractivity contribution in [2.75, 3.05) is 0 Å². The maximum atomic E-state index is 11.9. The quantitative estimate of drug-likeness (QED) is 0.775. The van der Waals surface area contributed by atoms with Gasteiger partial charge in [0.15, 0.2) is 5.78 Å². The van der Waals surface area contributed by atoms with E-state index in [0.717, 1.165) is 18.4 Å². The summed E-state index contributed by atoms with van der Waals surface area (Å²) in [7, 11) is 0. The van der Waals surface area contributed by atoms with Crippen molar-refractivity contribution in [3.05, 3.63) is 53.3 Å². The lowest BCUT2D eigenvalue weighted by Crippen LogP contribution is -2.14. The van der Waals surface area contributed by atoms with E-state index in [2.05, 4.69) is 0 Å². The van der Waals surface area contributed by atoms with Crippen LogP contribution in [0.2, 0.25) is 0 Å². The third kappa shape index (κ3) is 2.29. The molecule has 0 fully saturated rings. The summed E-state index contributed by atoms with van der Waals surface area (Å²) in [4.78, 5) is 23.7. The number of rotatable bonds is 2. The molecule has 4 heteroatoms. The molecule has 1 heterocycles. The first kappa shape index (κ1) is 11.7. The molecular weight excluding hydrogens is 244 g/mol. The summed E-state index contributed by atoms with van der Waals surface area (Å²) in [6.45, 7) is 0. The zero-order valence-corrected chi connectivity index (χ0v) is 10.2. The van der Waals surface area contributed by atoms with Crippen molar-refractivity contribution in [3.63, 3.8) is 0 Å². The van der Waals surface area contributed by atoms with Gasteiger partial charge in [-0.1, -0.05) is 6.07 Å². The number of carbonyl (C=O) groups excluding carboxylic acids is 2. The maximum Gasteiger partial charge on any atom is 0.345 e. The lowest BCUT2D eigenvalue weighted by atomic mass is 9.89. The first-order valence-corrected chi connectivity index (χ1v) is 6.16. The Labute approximate surface area is 110 Å². The van der Waals surface area contributed by atoms with Crippen LogP contribution in [0.4, 0.5) is 0 Å². The first-order valence-electron chi connectivity index (χ1n) is 6.16. The molecule has 1 aromatic carbocycles. The Hall–Kier alpha value is -2.36. The second kappa shape index (κ2) is 4.72. The number of hydrogen-bond donors (Lipinski definition) is 0. The van der Waals surface area contributed by atoms with Crippen LogP contribution in [0.15, 0.2) is 41.0 Å². The first-order chi connectivity index (χ1) is 9.24. The van der Waals surface area contributed by atoms with Crippen molar-refractivity contribution in [1.29, 1.82) is 0 Å². The topological polar surface area (TPSA) is 56.5 Å². The highest BCUT2D eigenvalue weighted by atomic mass is 16.6. The van der Waals surface area contributed by atoms with Crippen molar-refractivity contribution in [1.82, 2.24) is 0 Å². The smallest absolute Gasteiger partial charge is 0.345 e. The minimum atomic E-state index is -0.517. The van der Waals surface area contributed by atoms with E-state index in [4.69, 9.17) is 9.15 Å². The van der Waals surface area contributed by atoms with Crippen LogP contribution in [0.1, 0.15) is 39.1 Å². The maximum absolute atomic E-state index is 11.9. The highest BCUT2D eigenvalue weighted by Crippen LogP contribution is 2.23. The van der Waals surface area contributed by atoms with Crippen molar-refractivity contribution in [3.8, 4) is 5.95 Å². The number of ether oxygens (including phenoxy) is 1. The van der Waals surface area contributed by atoms with Crippen LogP contribution in [-0.4, -0.2) is 11.8 Å². The normalized spacial score (nSPS) is 14.0. The van der Waals surface area contributed by atoms with Gasteiger partial charge in [0.05, 0.1) is 11.8 Å². The third-order valence-electron chi connectivity index (χ3n) is 3.18. The van der Waals surface area contributed by atoms with Gasteiger partial charge in [0.1, 0.15) is 0 Å². The molecule has 0 aliphatic heterocycles. The van der Waals surface area contributed by atoms with Gasteiger partial charge in [-0.3, -0.25) is 4.79 Å². The average molecular weight is 256 g/mol. The van der Waals surface area contributed by atoms with Gasteiger partial charge in [-0.05, 0) is 36.6 Å². The summed E-state index contributed by atoms with van der Waals surface area (Å²) in [6.07, 6.45) is 3.74. The summed E-state index contributed by atoms with van der Waals surface area (Å²) in [5.41, 5.74) is 2.01. The van der Waals surface area contributed by atoms with Gasteiger partial charge in [-0.25, -0.2) is 4.79 Å². The van der Waals surface area contributed by atoms with Gasteiger partial charge in [-0.15, -0.1) is 0 Å². The fourth-order valence-corrected chi connectivity index (χ4v) is 2.23. The SMILES string of the molecule is O=C(Oc1ccco1)c1ccc2c(c1)C(=O)CCC2. The minimum absolute atomic E-state index is 0.0916. The molecule has 1 aromatic heterocycles. The lowest BCUT2D eigenvalue weighted by molar-refractivity contribution is 0.0694. The van der Waals surface area contributed by atoms with Crippen LogP contribution in [-0.2, 0) is 6.42 Å². The number of esters is 1. The molecule has 0 amide bonds. The van der Waals surface area contributed by atoms with Gasteiger partial charge < -0.3 is 9.15 Å². The van der Waals surface area contributed by atoms with E-state index in [1.807, 2.05) is 6.07 Å². The number of fused-ring (bicyclic) bond motifs is 1. The molecule has 0 radical (unpaired) electrons. The van der Waals surface area contributed by atoms with Crippen LogP contribution in [0.3, 0.4) is 0 Å². The highest BCUT2D eigenvalue weighted by molar-refractivity contribution is 6.01. The number of ketones is 1. The summed E-state index contributed by atoms with van der Waals surface area (Å²) in [5, 5.41) is 0. The molecule has 1 aliphatic rings. The van der Waals surface area contributed by atoms with E-state index >= 15 is 0 Å². The number of carbonyl (C=O) groups is 2. The Morgan fingerprint density at radius 2 is 2.11 bits per heavy atom. The van der Waals surface area contributed by atoms with Crippen molar-refractivity contribution >= 4 is 11.8 Å². The second-order valence-electron chi connectivity index (χ2n) is 4.47. The minimum Gasteiger partial charge on any atom is -0.434 e. The van der Waals surface area contributed by atoms with Gasteiger partial charge in [0.25, 0.3) is 5.95 Å². The van der Waals surface area contributed by atoms with Crippen molar-refractivity contribution in [2.45, 2.75) is 19.3 Å². The number of furan rings is 1. The van der Waals surface area contributed by atoms with Crippen LogP contribution in [0.25, 0.3) is 0 Å². The van der Waals surface area contributed by atoms with E-state index in [-0.39, 0.29) is 11.7 Å². The van der Waals surface area contributed by atoms with E-state index in [0.29, 0.717) is 17.5 Å². The van der Waals surface area contributed by atoms with Crippen molar-refractivity contribution < 1.29 is 18.7 Å². The van der Waals surface area contributed by atoms with Crippen LogP contribution >= 0.6 is 0 Å². The lowest BCUT2D eigenvalue weighted by Gasteiger charge is -2.14. The Morgan fingerprint density at radius 3 is 2.89 bits per heavy atom. The molecule has 4 nitrogen and oxygen atoms in total. The Bertz CT molecular complexity index is 626.